The van der Waals surface area contributed by atoms with Crippen LogP contribution < -0.4 is 0 Å². The van der Waals surface area contributed by atoms with E-state index < -0.39 is 35.4 Å². The quantitative estimate of drug-likeness (QED) is 0.0181. The Hall–Kier alpha value is -2.10. The predicted octanol–water partition coefficient (Wildman–Crippen LogP) is 17.0. The minimum Gasteiger partial charge on any atom is -0.421 e. The van der Waals surface area contributed by atoms with Crippen LogP contribution in [0.1, 0.15) is 290 Å². The Labute approximate surface area is 412 Å². The molecule has 0 radical (unpaired) electrons. The zero-order valence-electron chi connectivity index (χ0n) is 43.2. The molecule has 0 fully saturated rings. The van der Waals surface area contributed by atoms with E-state index in [-0.39, 0.29) is 19.3 Å². The van der Waals surface area contributed by atoms with Crippen molar-refractivity contribution in [3.63, 3.8) is 0 Å². The van der Waals surface area contributed by atoms with Crippen molar-refractivity contribution in [3.8, 4) is 0 Å². The maximum Gasteiger partial charge on any atom is 0.444 e. The molecular weight excluding hydrogens is 845 g/mol. The van der Waals surface area contributed by atoms with Crippen LogP contribution in [0.4, 0.5) is 0 Å². The number of carbonyl (C=O) groups is 3. The normalized spacial score (nSPS) is 13.0. The highest BCUT2D eigenvalue weighted by atomic mass is 32.1. The van der Waals surface area contributed by atoms with Gasteiger partial charge < -0.3 is 24.4 Å². The Bertz CT molecular complexity index is 1150. The number of hydrogen-bond donors (Lipinski definition) is 3. The molecule has 0 heterocycles. The highest BCUT2D eigenvalue weighted by Crippen LogP contribution is 2.31. The minimum absolute atomic E-state index is 0.0178. The van der Waals surface area contributed by atoms with Gasteiger partial charge in [0, 0.05) is 19.3 Å². The number of allylic oxidation sites excluding steroid dienone is 6. The number of unbranched alkanes of at least 4 members (excludes halogenated alkanes) is 33. The molecular formula is C57H104O8S. The third kappa shape index (κ3) is 39.9. The molecule has 66 heavy (non-hydrogen) atoms. The Morgan fingerprint density at radius 3 is 0.803 bits per heavy atom. The van der Waals surface area contributed by atoms with E-state index in [1.165, 1.54) is 116 Å². The van der Waals surface area contributed by atoms with Crippen LogP contribution >= 0.6 is 12.6 Å². The molecule has 0 aromatic carbocycles. The van der Waals surface area contributed by atoms with E-state index in [0.29, 0.717) is 19.3 Å². The van der Waals surface area contributed by atoms with Crippen molar-refractivity contribution in [3.05, 3.63) is 36.5 Å². The summed E-state index contributed by atoms with van der Waals surface area (Å²) in [5.41, 5.74) is 0. The van der Waals surface area contributed by atoms with E-state index in [1.54, 1.807) is 0 Å². The van der Waals surface area contributed by atoms with Gasteiger partial charge in [0.1, 0.15) is 0 Å². The lowest BCUT2D eigenvalue weighted by molar-refractivity contribution is -0.436. The zero-order chi connectivity index (χ0) is 48.5. The number of carbonyl (C=O) groups excluding carboxylic acids is 3. The third-order valence-corrected chi connectivity index (χ3v) is 12.9. The molecule has 386 valence electrons. The average molecular weight is 950 g/mol. The van der Waals surface area contributed by atoms with E-state index in [4.69, 9.17) is 14.2 Å². The van der Waals surface area contributed by atoms with Gasteiger partial charge in [0.2, 0.25) is 0 Å². The number of esters is 3. The highest BCUT2D eigenvalue weighted by Gasteiger charge is 2.60. The molecule has 2 N–H and O–H groups in total. The highest BCUT2D eigenvalue weighted by molar-refractivity contribution is 7.80. The van der Waals surface area contributed by atoms with Crippen molar-refractivity contribution in [2.24, 2.45) is 0 Å². The second-order valence-electron chi connectivity index (χ2n) is 18.9. The summed E-state index contributed by atoms with van der Waals surface area (Å²) < 4.78 is 16.0. The largest absolute Gasteiger partial charge is 0.444 e. The molecule has 0 aromatic heterocycles. The lowest BCUT2D eigenvalue weighted by Crippen LogP contribution is -2.63. The molecule has 0 aromatic rings. The summed E-state index contributed by atoms with van der Waals surface area (Å²) in [6, 6.07) is 0. The standard InChI is InChI=1S/C57H104O8S/c1-4-7-10-13-16-19-22-25-28-31-34-37-40-43-46-49-53(58)63-56(61,52-66)57(62,64-54(59)50-47-44-41-38-35-32-29-26-23-20-17-14-11-8-5-2)65-55(60)51-48-45-42-39-36-33-30-27-24-21-18-15-12-9-6-3/h25-30,61-62,66H,4-24,31-52H2,1-3H3/b28-25-,29-26-,30-27-. The molecule has 0 saturated heterocycles. The van der Waals surface area contributed by atoms with Crippen molar-refractivity contribution >= 4 is 30.5 Å². The second kappa shape index (κ2) is 47.9. The second-order valence-corrected chi connectivity index (χ2v) is 19.3. The molecule has 0 aliphatic heterocycles. The van der Waals surface area contributed by atoms with Gasteiger partial charge in [-0.05, 0) is 96.3 Å². The Kier molecular flexibility index (Phi) is 46.4. The first-order valence-corrected chi connectivity index (χ1v) is 28.5. The van der Waals surface area contributed by atoms with Gasteiger partial charge in [0.25, 0.3) is 0 Å². The van der Waals surface area contributed by atoms with Gasteiger partial charge in [0.15, 0.2) is 0 Å². The zero-order valence-corrected chi connectivity index (χ0v) is 44.1. The summed E-state index contributed by atoms with van der Waals surface area (Å²) in [6.45, 7) is 6.73. The van der Waals surface area contributed by atoms with E-state index in [1.807, 2.05) is 0 Å². The number of aliphatic hydroxyl groups is 2. The van der Waals surface area contributed by atoms with Gasteiger partial charge in [-0.2, -0.15) is 12.6 Å². The summed E-state index contributed by atoms with van der Waals surface area (Å²) in [5, 5.41) is 23.1. The molecule has 1 unspecified atom stereocenters. The Balaban J connectivity index is 4.91. The van der Waals surface area contributed by atoms with Crippen LogP contribution in [0, 0.1) is 0 Å². The van der Waals surface area contributed by atoms with Crippen molar-refractivity contribution in [2.45, 2.75) is 302 Å². The smallest absolute Gasteiger partial charge is 0.421 e. The van der Waals surface area contributed by atoms with Gasteiger partial charge in [0.05, 0.1) is 5.75 Å². The number of rotatable bonds is 50. The van der Waals surface area contributed by atoms with Crippen LogP contribution in [0.15, 0.2) is 36.5 Å². The fourth-order valence-electron chi connectivity index (χ4n) is 8.05. The molecule has 8 nitrogen and oxygen atoms in total. The van der Waals surface area contributed by atoms with Crippen molar-refractivity contribution < 1.29 is 38.8 Å². The molecule has 0 aliphatic rings. The van der Waals surface area contributed by atoms with Crippen LogP contribution in [0.3, 0.4) is 0 Å². The molecule has 0 spiro atoms. The first-order valence-electron chi connectivity index (χ1n) is 27.8. The van der Waals surface area contributed by atoms with Gasteiger partial charge in [-0.15, -0.1) is 0 Å². The molecule has 9 heteroatoms. The molecule has 0 saturated carbocycles. The predicted molar refractivity (Wildman–Crippen MR) is 280 cm³/mol. The summed E-state index contributed by atoms with van der Waals surface area (Å²) in [6.07, 6.45) is 56.9. The topological polar surface area (TPSA) is 119 Å². The van der Waals surface area contributed by atoms with Crippen molar-refractivity contribution in [1.82, 2.24) is 0 Å². The van der Waals surface area contributed by atoms with Gasteiger partial charge >= 0.3 is 29.7 Å². The van der Waals surface area contributed by atoms with Crippen LogP contribution in [0.2, 0.25) is 0 Å². The van der Waals surface area contributed by atoms with Gasteiger partial charge in [-0.25, -0.2) is 0 Å². The molecule has 0 amide bonds. The Morgan fingerprint density at radius 1 is 0.348 bits per heavy atom. The fraction of sp³-hybridized carbons (Fsp3) is 0.842. The molecule has 0 aliphatic carbocycles. The molecule has 0 bridgehead atoms. The summed E-state index contributed by atoms with van der Waals surface area (Å²) in [7, 11) is 0. The summed E-state index contributed by atoms with van der Waals surface area (Å²) in [5.74, 6) is -9.33. The van der Waals surface area contributed by atoms with Crippen LogP contribution in [0.5, 0.6) is 0 Å². The monoisotopic (exact) mass is 949 g/mol. The first-order chi connectivity index (χ1) is 32.2. The lowest BCUT2D eigenvalue weighted by atomic mass is 10.1. The summed E-state index contributed by atoms with van der Waals surface area (Å²) >= 11 is 4.16. The van der Waals surface area contributed by atoms with Crippen molar-refractivity contribution in [1.29, 1.82) is 0 Å². The molecule has 1 atom stereocenters. The number of hydrogen-bond acceptors (Lipinski definition) is 9. The number of thiol groups is 1. The van der Waals surface area contributed by atoms with E-state index in [2.05, 4.69) is 69.9 Å². The van der Waals surface area contributed by atoms with Crippen LogP contribution in [-0.2, 0) is 28.6 Å². The fourth-order valence-corrected chi connectivity index (χ4v) is 8.31. The van der Waals surface area contributed by atoms with Gasteiger partial charge in [-0.1, -0.05) is 211 Å². The van der Waals surface area contributed by atoms with Gasteiger partial charge in [-0.3, -0.25) is 14.4 Å². The van der Waals surface area contributed by atoms with E-state index in [9.17, 15) is 24.6 Å². The van der Waals surface area contributed by atoms with Crippen molar-refractivity contribution in [2.75, 3.05) is 5.75 Å². The van der Waals surface area contributed by atoms with Crippen LogP contribution in [0.25, 0.3) is 0 Å². The maximum atomic E-state index is 13.1. The Morgan fingerprint density at radius 2 is 0.561 bits per heavy atom. The lowest BCUT2D eigenvalue weighted by Gasteiger charge is -2.38. The SMILES string of the molecule is CCCCCCCC/C=C\CCCCCCCC(=O)OC(O)(CS)C(O)(OC(=O)CCCCCCC/C=C\CCCCCCCC)OC(=O)CCCCCCC/C=C\CCCCCCCC. The first kappa shape index (κ1) is 63.9. The third-order valence-electron chi connectivity index (χ3n) is 12.4. The van der Waals surface area contributed by atoms with E-state index >= 15 is 0 Å². The number of ether oxygens (including phenoxy) is 3. The average Bonchev–Trinajstić information content (AvgIpc) is 3.30. The summed E-state index contributed by atoms with van der Waals surface area (Å²) in [4.78, 5) is 39.2. The minimum atomic E-state index is -3.25. The van der Waals surface area contributed by atoms with Crippen LogP contribution in [-0.4, -0.2) is 45.6 Å². The molecule has 0 rings (SSSR count). The van der Waals surface area contributed by atoms with E-state index in [0.717, 1.165) is 116 Å². The maximum absolute atomic E-state index is 13.1.